The molecule has 0 aromatic heterocycles. The number of benzene rings is 1. The zero-order chi connectivity index (χ0) is 14.4. The fourth-order valence-electron chi connectivity index (χ4n) is 2.41. The van der Waals surface area contributed by atoms with E-state index >= 15 is 0 Å². The number of anilines is 1. The van der Waals surface area contributed by atoms with E-state index in [-0.39, 0.29) is 5.91 Å². The number of nitrogens with one attached hydrogen (secondary N) is 1. The van der Waals surface area contributed by atoms with E-state index < -0.39 is 0 Å². The Bertz CT molecular complexity index is 440. The molecular formula is C16H24N2O2. The summed E-state index contributed by atoms with van der Waals surface area (Å²) in [7, 11) is 0. The first-order valence-corrected chi connectivity index (χ1v) is 7.35. The smallest absolute Gasteiger partial charge is 0.225 e. The maximum atomic E-state index is 12.1. The van der Waals surface area contributed by atoms with Crippen molar-refractivity contribution in [3.8, 4) is 0 Å². The molecule has 1 aliphatic heterocycles. The summed E-state index contributed by atoms with van der Waals surface area (Å²) < 4.78 is 5.30. The van der Waals surface area contributed by atoms with Crippen LogP contribution in [-0.2, 0) is 9.53 Å². The fourth-order valence-corrected chi connectivity index (χ4v) is 2.41. The van der Waals surface area contributed by atoms with E-state index in [2.05, 4.69) is 30.1 Å². The third-order valence-corrected chi connectivity index (χ3v) is 3.62. The molecular weight excluding hydrogens is 252 g/mol. The molecule has 1 saturated heterocycles. The molecule has 0 unspecified atom stereocenters. The van der Waals surface area contributed by atoms with E-state index in [9.17, 15) is 4.79 Å². The van der Waals surface area contributed by atoms with Crippen LogP contribution in [0, 0.1) is 0 Å². The third kappa shape index (κ3) is 4.32. The van der Waals surface area contributed by atoms with Crippen LogP contribution in [0.3, 0.4) is 0 Å². The van der Waals surface area contributed by atoms with E-state index in [1.54, 1.807) is 0 Å². The number of amides is 1. The Morgan fingerprint density at radius 1 is 1.30 bits per heavy atom. The molecule has 4 nitrogen and oxygen atoms in total. The lowest BCUT2D eigenvalue weighted by Crippen LogP contribution is -2.38. The lowest BCUT2D eigenvalue weighted by atomic mass is 10.0. The number of carbonyl (C=O) groups excluding carboxylic acids is 1. The van der Waals surface area contributed by atoms with Gasteiger partial charge in [0.1, 0.15) is 0 Å². The molecule has 1 N–H and O–H groups in total. The molecule has 0 aliphatic carbocycles. The van der Waals surface area contributed by atoms with Crippen LogP contribution in [0.2, 0.25) is 0 Å². The topological polar surface area (TPSA) is 41.6 Å². The molecule has 1 heterocycles. The molecule has 0 radical (unpaired) electrons. The second kappa shape index (κ2) is 7.41. The van der Waals surface area contributed by atoms with Crippen LogP contribution >= 0.6 is 0 Å². The lowest BCUT2D eigenvalue weighted by Gasteiger charge is -2.26. The second-order valence-corrected chi connectivity index (χ2v) is 5.49. The first kappa shape index (κ1) is 15.0. The van der Waals surface area contributed by atoms with Gasteiger partial charge in [-0.15, -0.1) is 0 Å². The van der Waals surface area contributed by atoms with Crippen molar-refractivity contribution in [3.05, 3.63) is 29.8 Å². The van der Waals surface area contributed by atoms with Crippen molar-refractivity contribution in [2.24, 2.45) is 0 Å². The highest BCUT2D eigenvalue weighted by molar-refractivity contribution is 5.91. The Morgan fingerprint density at radius 2 is 2.00 bits per heavy atom. The number of hydrogen-bond donors (Lipinski definition) is 1. The van der Waals surface area contributed by atoms with Gasteiger partial charge in [-0.1, -0.05) is 32.0 Å². The van der Waals surface area contributed by atoms with Crippen molar-refractivity contribution in [2.75, 3.05) is 38.2 Å². The normalized spacial score (nSPS) is 16.4. The number of nitrogens with zero attached hydrogens (tertiary/aromatic N) is 1. The van der Waals surface area contributed by atoms with Crippen molar-refractivity contribution >= 4 is 11.6 Å². The minimum atomic E-state index is 0.0876. The van der Waals surface area contributed by atoms with Crippen LogP contribution in [0.5, 0.6) is 0 Å². The van der Waals surface area contributed by atoms with Crippen molar-refractivity contribution < 1.29 is 9.53 Å². The second-order valence-electron chi connectivity index (χ2n) is 5.49. The van der Waals surface area contributed by atoms with E-state index in [4.69, 9.17) is 4.74 Å². The molecule has 0 atom stereocenters. The minimum Gasteiger partial charge on any atom is -0.379 e. The maximum absolute atomic E-state index is 12.1. The number of carbonyl (C=O) groups is 1. The Kier molecular flexibility index (Phi) is 5.56. The summed E-state index contributed by atoms with van der Waals surface area (Å²) in [5.41, 5.74) is 2.13. The SMILES string of the molecule is CC(C)c1ccccc1NC(=O)CCN1CCOCC1. The zero-order valence-electron chi connectivity index (χ0n) is 12.4. The van der Waals surface area contributed by atoms with Crippen LogP contribution in [0.15, 0.2) is 24.3 Å². The van der Waals surface area contributed by atoms with Gasteiger partial charge in [-0.25, -0.2) is 0 Å². The average molecular weight is 276 g/mol. The molecule has 1 aliphatic rings. The van der Waals surface area contributed by atoms with E-state index in [0.29, 0.717) is 12.3 Å². The maximum Gasteiger partial charge on any atom is 0.225 e. The van der Waals surface area contributed by atoms with Crippen LogP contribution in [0.1, 0.15) is 31.7 Å². The summed E-state index contributed by atoms with van der Waals surface area (Å²) in [5, 5.41) is 3.03. The zero-order valence-corrected chi connectivity index (χ0v) is 12.4. The van der Waals surface area contributed by atoms with Gasteiger partial charge < -0.3 is 10.1 Å². The Hall–Kier alpha value is -1.39. The van der Waals surface area contributed by atoms with Crippen molar-refractivity contribution in [2.45, 2.75) is 26.2 Å². The molecule has 1 aromatic rings. The van der Waals surface area contributed by atoms with E-state index in [1.807, 2.05) is 18.2 Å². The van der Waals surface area contributed by atoms with Gasteiger partial charge in [0.15, 0.2) is 0 Å². The quantitative estimate of drug-likeness (QED) is 0.898. The predicted molar refractivity (Wildman–Crippen MR) is 81.0 cm³/mol. The first-order chi connectivity index (χ1) is 9.66. The minimum absolute atomic E-state index is 0.0876. The summed E-state index contributed by atoms with van der Waals surface area (Å²) in [5.74, 6) is 0.496. The number of ether oxygens (including phenoxy) is 1. The Balaban J connectivity index is 1.85. The molecule has 0 bridgehead atoms. The molecule has 0 saturated carbocycles. The van der Waals surface area contributed by atoms with Gasteiger partial charge in [0.05, 0.1) is 13.2 Å². The van der Waals surface area contributed by atoms with Crippen LogP contribution in [-0.4, -0.2) is 43.7 Å². The van der Waals surface area contributed by atoms with Gasteiger partial charge in [-0.05, 0) is 17.5 Å². The van der Waals surface area contributed by atoms with Crippen molar-refractivity contribution in [3.63, 3.8) is 0 Å². The number of morpholine rings is 1. The molecule has 20 heavy (non-hydrogen) atoms. The predicted octanol–water partition coefficient (Wildman–Crippen LogP) is 2.47. The van der Waals surface area contributed by atoms with Crippen LogP contribution in [0.25, 0.3) is 0 Å². The standard InChI is InChI=1S/C16H24N2O2/c1-13(2)14-5-3-4-6-15(14)17-16(19)7-8-18-9-11-20-12-10-18/h3-6,13H,7-12H2,1-2H3,(H,17,19). The molecule has 0 spiro atoms. The molecule has 2 rings (SSSR count). The van der Waals surface area contributed by atoms with Gasteiger partial charge in [0, 0.05) is 31.7 Å². The van der Waals surface area contributed by atoms with Gasteiger partial charge in [-0.2, -0.15) is 0 Å². The Labute approximate surface area is 121 Å². The molecule has 1 aromatic carbocycles. The van der Waals surface area contributed by atoms with Gasteiger partial charge in [0.25, 0.3) is 0 Å². The van der Waals surface area contributed by atoms with Gasteiger partial charge in [-0.3, -0.25) is 9.69 Å². The van der Waals surface area contributed by atoms with Crippen molar-refractivity contribution in [1.29, 1.82) is 0 Å². The highest BCUT2D eigenvalue weighted by atomic mass is 16.5. The van der Waals surface area contributed by atoms with E-state index in [0.717, 1.165) is 38.5 Å². The van der Waals surface area contributed by atoms with Crippen LogP contribution in [0.4, 0.5) is 5.69 Å². The largest absolute Gasteiger partial charge is 0.379 e. The molecule has 4 heteroatoms. The molecule has 1 amide bonds. The number of hydrogen-bond acceptors (Lipinski definition) is 3. The Morgan fingerprint density at radius 3 is 2.70 bits per heavy atom. The summed E-state index contributed by atoms with van der Waals surface area (Å²) in [6, 6.07) is 8.02. The highest BCUT2D eigenvalue weighted by Crippen LogP contribution is 2.23. The number of rotatable bonds is 5. The summed E-state index contributed by atoms with van der Waals surface area (Å²) in [6.45, 7) is 8.48. The summed E-state index contributed by atoms with van der Waals surface area (Å²) in [6.07, 6.45) is 0.534. The lowest BCUT2D eigenvalue weighted by molar-refractivity contribution is -0.116. The number of para-hydroxylation sites is 1. The summed E-state index contributed by atoms with van der Waals surface area (Å²) >= 11 is 0. The van der Waals surface area contributed by atoms with Gasteiger partial charge >= 0.3 is 0 Å². The third-order valence-electron chi connectivity index (χ3n) is 3.62. The highest BCUT2D eigenvalue weighted by Gasteiger charge is 2.13. The summed E-state index contributed by atoms with van der Waals surface area (Å²) in [4.78, 5) is 14.3. The van der Waals surface area contributed by atoms with E-state index in [1.165, 1.54) is 5.56 Å². The van der Waals surface area contributed by atoms with Crippen LogP contribution < -0.4 is 5.32 Å². The fraction of sp³-hybridized carbons (Fsp3) is 0.562. The van der Waals surface area contributed by atoms with Crippen molar-refractivity contribution in [1.82, 2.24) is 4.90 Å². The van der Waals surface area contributed by atoms with Gasteiger partial charge in [0.2, 0.25) is 5.91 Å². The first-order valence-electron chi connectivity index (χ1n) is 7.35. The molecule has 110 valence electrons. The molecule has 1 fully saturated rings. The average Bonchev–Trinajstić information content (AvgIpc) is 2.46. The monoisotopic (exact) mass is 276 g/mol.